The lowest BCUT2D eigenvalue weighted by atomic mass is 10.1. The molecule has 1 aliphatic rings. The Morgan fingerprint density at radius 1 is 1.10 bits per heavy atom. The van der Waals surface area contributed by atoms with Crippen molar-refractivity contribution >= 4 is 17.7 Å². The molecule has 0 spiro atoms. The third kappa shape index (κ3) is 4.97. The zero-order chi connectivity index (χ0) is 21.6. The minimum absolute atomic E-state index is 0.193. The van der Waals surface area contributed by atoms with Crippen molar-refractivity contribution in [3.05, 3.63) is 54.9 Å². The van der Waals surface area contributed by atoms with Gasteiger partial charge in [0.25, 0.3) is 0 Å². The van der Waals surface area contributed by atoms with Crippen LogP contribution in [0.15, 0.2) is 54.9 Å². The number of anilines is 2. The van der Waals surface area contributed by atoms with E-state index in [-0.39, 0.29) is 12.1 Å². The van der Waals surface area contributed by atoms with Gasteiger partial charge in [-0.15, -0.1) is 0 Å². The van der Waals surface area contributed by atoms with Crippen molar-refractivity contribution in [2.75, 3.05) is 36.5 Å². The van der Waals surface area contributed by atoms with Gasteiger partial charge in [0, 0.05) is 42.3 Å². The lowest BCUT2D eigenvalue weighted by Gasteiger charge is -2.33. The quantitative estimate of drug-likeness (QED) is 0.658. The van der Waals surface area contributed by atoms with Crippen LogP contribution in [-0.2, 0) is 4.74 Å². The molecule has 2 N–H and O–H groups in total. The lowest BCUT2D eigenvalue weighted by Crippen LogP contribution is -2.44. The Bertz CT molecular complexity index is 1030. The number of benzene rings is 1. The maximum Gasteiger partial charge on any atom is 0.319 e. The molecule has 1 aliphatic heterocycles. The first-order valence-electron chi connectivity index (χ1n) is 10.4. The topological polar surface area (TPSA) is 92.3 Å². The summed E-state index contributed by atoms with van der Waals surface area (Å²) in [6.07, 6.45) is 3.52. The molecule has 31 heavy (non-hydrogen) atoms. The smallest absolute Gasteiger partial charge is 0.319 e. The number of nitrogens with zero attached hydrogens (tertiary/aromatic N) is 4. The summed E-state index contributed by atoms with van der Waals surface area (Å²) in [7, 11) is 0. The van der Waals surface area contributed by atoms with Gasteiger partial charge in [-0.25, -0.2) is 14.8 Å². The summed E-state index contributed by atoms with van der Waals surface area (Å²) in [5.74, 6) is 0.685. The molecule has 0 saturated carbocycles. The molecule has 0 bridgehead atoms. The lowest BCUT2D eigenvalue weighted by molar-refractivity contribution is 0.0981. The van der Waals surface area contributed by atoms with Crippen LogP contribution in [-0.4, -0.2) is 53.3 Å². The van der Waals surface area contributed by atoms with E-state index in [1.165, 1.54) is 0 Å². The molecule has 1 unspecified atom stereocenters. The summed E-state index contributed by atoms with van der Waals surface area (Å²) >= 11 is 0. The van der Waals surface area contributed by atoms with Crippen LogP contribution in [0.4, 0.5) is 16.4 Å². The number of urea groups is 1. The minimum atomic E-state index is -0.221. The maximum atomic E-state index is 11.8. The molecule has 8 nitrogen and oxygen atoms in total. The Balaban J connectivity index is 1.69. The van der Waals surface area contributed by atoms with Gasteiger partial charge in [0.2, 0.25) is 5.95 Å². The zero-order valence-corrected chi connectivity index (χ0v) is 17.7. The van der Waals surface area contributed by atoms with Gasteiger partial charge in [0.05, 0.1) is 30.6 Å². The highest BCUT2D eigenvalue weighted by Gasteiger charge is 2.23. The van der Waals surface area contributed by atoms with Gasteiger partial charge in [-0.2, -0.15) is 0 Å². The number of nitrogens with one attached hydrogen (secondary N) is 2. The number of rotatable bonds is 5. The number of pyridine rings is 1. The number of hydrogen-bond acceptors (Lipinski definition) is 6. The van der Waals surface area contributed by atoms with E-state index in [9.17, 15) is 4.79 Å². The van der Waals surface area contributed by atoms with Crippen LogP contribution in [0.1, 0.15) is 13.8 Å². The molecule has 0 radical (unpaired) electrons. The van der Waals surface area contributed by atoms with E-state index in [2.05, 4.69) is 27.4 Å². The van der Waals surface area contributed by atoms with Crippen LogP contribution in [0.25, 0.3) is 22.5 Å². The van der Waals surface area contributed by atoms with Crippen LogP contribution >= 0.6 is 0 Å². The average molecular weight is 419 g/mol. The molecule has 1 saturated heterocycles. The second-order valence-corrected chi connectivity index (χ2v) is 7.35. The molecule has 2 amide bonds. The summed E-state index contributed by atoms with van der Waals surface area (Å²) in [6, 6.07) is 13.5. The summed E-state index contributed by atoms with van der Waals surface area (Å²) in [6.45, 7) is 6.62. The highest BCUT2D eigenvalue weighted by Crippen LogP contribution is 2.28. The molecular weight excluding hydrogens is 392 g/mol. The van der Waals surface area contributed by atoms with E-state index < -0.39 is 0 Å². The molecule has 2 aromatic heterocycles. The van der Waals surface area contributed by atoms with Crippen LogP contribution in [0, 0.1) is 0 Å². The molecule has 0 aliphatic carbocycles. The Kier molecular flexibility index (Phi) is 6.37. The normalized spacial score (nSPS) is 16.1. The average Bonchev–Trinajstić information content (AvgIpc) is 2.80. The monoisotopic (exact) mass is 418 g/mol. The van der Waals surface area contributed by atoms with Gasteiger partial charge < -0.3 is 20.3 Å². The van der Waals surface area contributed by atoms with Gasteiger partial charge >= 0.3 is 6.03 Å². The summed E-state index contributed by atoms with van der Waals surface area (Å²) in [5.41, 5.74) is 4.31. The highest BCUT2D eigenvalue weighted by atomic mass is 16.5. The molecule has 1 fully saturated rings. The number of carbonyl (C=O) groups excluding carboxylic acids is 1. The van der Waals surface area contributed by atoms with Crippen molar-refractivity contribution < 1.29 is 9.53 Å². The van der Waals surface area contributed by atoms with E-state index in [1.807, 2.05) is 49.4 Å². The molecule has 160 valence electrons. The van der Waals surface area contributed by atoms with Crippen molar-refractivity contribution in [2.45, 2.75) is 19.9 Å². The Hall–Kier alpha value is -3.52. The van der Waals surface area contributed by atoms with E-state index in [0.717, 1.165) is 34.7 Å². The number of aromatic nitrogens is 3. The summed E-state index contributed by atoms with van der Waals surface area (Å²) in [5, 5.41) is 5.54. The van der Waals surface area contributed by atoms with Gasteiger partial charge in [0.1, 0.15) is 0 Å². The molecular formula is C23H26N6O2. The van der Waals surface area contributed by atoms with Gasteiger partial charge in [0.15, 0.2) is 0 Å². The largest absolute Gasteiger partial charge is 0.377 e. The van der Waals surface area contributed by atoms with Crippen molar-refractivity contribution in [1.29, 1.82) is 0 Å². The number of amides is 2. The maximum absolute atomic E-state index is 11.8. The Labute approximate surface area is 181 Å². The summed E-state index contributed by atoms with van der Waals surface area (Å²) < 4.78 is 5.58. The van der Waals surface area contributed by atoms with Crippen LogP contribution in [0.5, 0.6) is 0 Å². The van der Waals surface area contributed by atoms with E-state index in [1.54, 1.807) is 12.4 Å². The molecule has 3 aromatic rings. The first kappa shape index (κ1) is 20.7. The number of morpholine rings is 1. The predicted molar refractivity (Wildman–Crippen MR) is 121 cm³/mol. The predicted octanol–water partition coefficient (Wildman–Crippen LogP) is 3.57. The van der Waals surface area contributed by atoms with Gasteiger partial charge in [-0.05, 0) is 44.2 Å². The fraction of sp³-hybridized carbons (Fsp3) is 0.304. The fourth-order valence-corrected chi connectivity index (χ4v) is 3.47. The van der Waals surface area contributed by atoms with Crippen molar-refractivity contribution in [1.82, 2.24) is 20.3 Å². The van der Waals surface area contributed by atoms with E-state index in [4.69, 9.17) is 14.7 Å². The van der Waals surface area contributed by atoms with E-state index >= 15 is 0 Å². The molecule has 1 aromatic carbocycles. The Morgan fingerprint density at radius 2 is 1.77 bits per heavy atom. The summed E-state index contributed by atoms with van der Waals surface area (Å²) in [4.78, 5) is 27.8. The first-order chi connectivity index (χ1) is 15.1. The third-order valence-electron chi connectivity index (χ3n) is 5.09. The second-order valence-electron chi connectivity index (χ2n) is 7.35. The zero-order valence-electron chi connectivity index (χ0n) is 17.7. The minimum Gasteiger partial charge on any atom is -0.377 e. The van der Waals surface area contributed by atoms with Crippen molar-refractivity contribution in [3.8, 4) is 22.5 Å². The molecule has 8 heteroatoms. The van der Waals surface area contributed by atoms with Crippen LogP contribution in [0.3, 0.4) is 0 Å². The highest BCUT2D eigenvalue weighted by molar-refractivity contribution is 5.89. The molecule has 4 rings (SSSR count). The van der Waals surface area contributed by atoms with Crippen molar-refractivity contribution in [2.24, 2.45) is 0 Å². The first-order valence-corrected chi connectivity index (χ1v) is 10.4. The fourth-order valence-electron chi connectivity index (χ4n) is 3.47. The van der Waals surface area contributed by atoms with Crippen LogP contribution in [0.2, 0.25) is 0 Å². The van der Waals surface area contributed by atoms with Gasteiger partial charge in [-0.3, -0.25) is 4.98 Å². The van der Waals surface area contributed by atoms with Crippen molar-refractivity contribution in [3.63, 3.8) is 0 Å². The molecule has 3 heterocycles. The second kappa shape index (κ2) is 9.53. The SMILES string of the molecule is CCNC(=O)Nc1ccc(-c2cc(-c3ccncc3)nc(N3CCOCC3C)n2)cc1. The standard InChI is InChI=1S/C23H26N6O2/c1-3-25-23(30)26-19-6-4-17(5-7-19)20-14-21(18-8-10-24-11-9-18)28-22(27-20)29-12-13-31-15-16(29)2/h4-11,14,16H,3,12-13,15H2,1-2H3,(H2,25,26,30). The van der Waals surface area contributed by atoms with E-state index in [0.29, 0.717) is 25.7 Å². The van der Waals surface area contributed by atoms with Gasteiger partial charge in [-0.1, -0.05) is 12.1 Å². The number of carbonyl (C=O) groups is 1. The van der Waals surface area contributed by atoms with Crippen LogP contribution < -0.4 is 15.5 Å². The number of ether oxygens (including phenoxy) is 1. The third-order valence-corrected chi connectivity index (χ3v) is 5.09. The number of hydrogen-bond donors (Lipinski definition) is 2. The molecule has 1 atom stereocenters. The Morgan fingerprint density at radius 3 is 2.42 bits per heavy atom.